The summed E-state index contributed by atoms with van der Waals surface area (Å²) >= 11 is 0. The summed E-state index contributed by atoms with van der Waals surface area (Å²) in [5, 5.41) is 0. The first kappa shape index (κ1) is 59.9. The van der Waals surface area contributed by atoms with Crippen LogP contribution < -0.4 is 0 Å². The molecule has 35 valence electrons. The van der Waals surface area contributed by atoms with Gasteiger partial charge in [0.25, 0.3) is 0 Å². The molecule has 6 heteroatoms. The van der Waals surface area contributed by atoms with Crippen LogP contribution in [-0.2, 0) is 67.4 Å². The van der Waals surface area contributed by atoms with Gasteiger partial charge in [0.2, 0.25) is 0 Å². The Morgan fingerprint density at radius 1 is 0.667 bits per heavy atom. The van der Waals surface area contributed by atoms with E-state index in [2.05, 4.69) is 0 Å². The third kappa shape index (κ3) is 26.9. The van der Waals surface area contributed by atoms with E-state index in [1.165, 1.54) is 0 Å². The first-order valence-corrected chi connectivity index (χ1v) is 0. The molecule has 0 N–H and O–H groups in total. The molecule has 0 aliphatic rings. The molecule has 0 nitrogen and oxygen atoms in total. The molecule has 0 aliphatic carbocycles. The van der Waals surface area contributed by atoms with E-state index in [0.29, 0.717) is 0 Å². The average Bonchev–Trinajstić information content (AvgIpc) is 0. The molecule has 6 heavy (non-hydrogen) atoms. The van der Waals surface area contributed by atoms with Crippen molar-refractivity contribution in [3.63, 3.8) is 0 Å². The third-order valence-electron chi connectivity index (χ3n) is 0. The van der Waals surface area contributed by atoms with Crippen molar-refractivity contribution in [2.45, 2.75) is 0 Å². The maximum atomic E-state index is 0. The largest absolute Gasteiger partial charge is 0 e. The van der Waals surface area contributed by atoms with Crippen molar-refractivity contribution in [1.82, 2.24) is 0 Å². The Bertz CT molecular complexity index is 11.5. The van der Waals surface area contributed by atoms with Gasteiger partial charge in [0.1, 0.15) is 0 Å². The molecule has 5 radical (unpaired) electrons. The summed E-state index contributed by atoms with van der Waals surface area (Å²) in [6.45, 7) is 0. The fourth-order valence-electron chi connectivity index (χ4n) is 0. The number of hydrogen-bond acceptors (Lipinski definition) is 0. The van der Waals surface area contributed by atoms with Crippen LogP contribution in [0.2, 0.25) is 0 Å². The van der Waals surface area contributed by atoms with Gasteiger partial charge in [0.15, 0.2) is 0 Å². The summed E-state index contributed by atoms with van der Waals surface area (Å²) in [5.74, 6) is 0. The zero-order valence-corrected chi connectivity index (χ0v) is 7.79. The van der Waals surface area contributed by atoms with E-state index < -0.39 is 0 Å². The predicted octanol–water partition coefficient (Wildman–Crippen LogP) is -0.772. The van der Waals surface area contributed by atoms with E-state index >= 15 is 0 Å². The monoisotopic (exact) mass is 241 g/mol. The molecule has 0 aromatic carbocycles. The molecular formula is CoLi2Mn2Ni. The van der Waals surface area contributed by atoms with Crippen molar-refractivity contribution >= 4 is 37.7 Å². The minimum Gasteiger partial charge on any atom is 0 e. The summed E-state index contributed by atoms with van der Waals surface area (Å²) < 4.78 is 0. The zero-order valence-electron chi connectivity index (χ0n) is 3.41. The molecule has 0 aromatic rings. The molecule has 0 saturated carbocycles. The fourth-order valence-corrected chi connectivity index (χ4v) is 0. The van der Waals surface area contributed by atoms with Crippen molar-refractivity contribution in [3.8, 4) is 0 Å². The molecule has 0 rings (SSSR count). The molecular weight excluding hydrogens is 241 g/mol. The van der Waals surface area contributed by atoms with E-state index in [1.54, 1.807) is 0 Å². The molecule has 0 aromatic heterocycles. The van der Waals surface area contributed by atoms with Gasteiger partial charge in [0, 0.05) is 105 Å². The van der Waals surface area contributed by atoms with Crippen molar-refractivity contribution in [2.75, 3.05) is 0 Å². The second-order valence-electron chi connectivity index (χ2n) is 0. The normalized spacial score (nSPS) is 0. The predicted molar refractivity (Wildman–Crippen MR) is 11.5 cm³/mol. The SMILES string of the molecule is [Co].[Li].[Li].[Mn].[Mn].[Ni]. The third-order valence-corrected chi connectivity index (χ3v) is 0. The van der Waals surface area contributed by atoms with Crippen LogP contribution in [-0.4, -0.2) is 37.7 Å². The van der Waals surface area contributed by atoms with Gasteiger partial charge < -0.3 is 0 Å². The molecule has 0 unspecified atom stereocenters. The van der Waals surface area contributed by atoms with Crippen LogP contribution in [0.5, 0.6) is 0 Å². The summed E-state index contributed by atoms with van der Waals surface area (Å²) in [7, 11) is 0. The van der Waals surface area contributed by atoms with Gasteiger partial charge in [-0.3, -0.25) is 0 Å². The quantitative estimate of drug-likeness (QED) is 0.489. The van der Waals surface area contributed by atoms with E-state index in [9.17, 15) is 0 Å². The van der Waals surface area contributed by atoms with E-state index in [-0.39, 0.29) is 105 Å². The van der Waals surface area contributed by atoms with E-state index in [1.807, 2.05) is 0 Å². The van der Waals surface area contributed by atoms with Crippen molar-refractivity contribution < 1.29 is 67.4 Å². The molecule has 0 fully saturated rings. The Morgan fingerprint density at radius 3 is 0.667 bits per heavy atom. The van der Waals surface area contributed by atoms with Gasteiger partial charge in [-0.25, -0.2) is 0 Å². The summed E-state index contributed by atoms with van der Waals surface area (Å²) in [6.07, 6.45) is 0. The van der Waals surface area contributed by atoms with Crippen LogP contribution in [0, 0.1) is 0 Å². The Labute approximate surface area is 104 Å². The fraction of sp³-hybridized carbons (Fsp3) is 0. The van der Waals surface area contributed by atoms with Gasteiger partial charge in [-0.2, -0.15) is 0 Å². The van der Waals surface area contributed by atoms with Crippen LogP contribution in [0.1, 0.15) is 0 Å². The first-order valence-electron chi connectivity index (χ1n) is 0. The van der Waals surface area contributed by atoms with Crippen molar-refractivity contribution in [3.05, 3.63) is 0 Å². The average molecular weight is 241 g/mol. The topological polar surface area (TPSA) is 0 Å². The van der Waals surface area contributed by atoms with Crippen LogP contribution in [0.4, 0.5) is 0 Å². The molecule has 0 aliphatic heterocycles. The van der Waals surface area contributed by atoms with Gasteiger partial charge >= 0.3 is 0 Å². The summed E-state index contributed by atoms with van der Waals surface area (Å²) in [5.41, 5.74) is 0. The Kier molecular flexibility index (Phi) is 411. The summed E-state index contributed by atoms with van der Waals surface area (Å²) in [6, 6.07) is 0. The van der Waals surface area contributed by atoms with Gasteiger partial charge in [-0.15, -0.1) is 0 Å². The maximum Gasteiger partial charge on any atom is 0 e. The molecule has 0 amide bonds. The molecule has 0 bridgehead atoms. The second-order valence-corrected chi connectivity index (χ2v) is 0. The Balaban J connectivity index is 0. The molecule has 0 heterocycles. The van der Waals surface area contributed by atoms with Crippen molar-refractivity contribution in [2.24, 2.45) is 0 Å². The minimum absolute atomic E-state index is 0. The van der Waals surface area contributed by atoms with Gasteiger partial charge in [0.05, 0.1) is 0 Å². The van der Waals surface area contributed by atoms with Crippen LogP contribution in [0.15, 0.2) is 0 Å². The molecule has 0 atom stereocenters. The number of rotatable bonds is 0. The zero-order chi connectivity index (χ0) is 0. The smallest absolute Gasteiger partial charge is 0 e. The second kappa shape index (κ2) is 41.2. The maximum absolute atomic E-state index is 0. The van der Waals surface area contributed by atoms with Crippen molar-refractivity contribution in [1.29, 1.82) is 0 Å². The number of hydrogen-bond donors (Lipinski definition) is 0. The Morgan fingerprint density at radius 2 is 0.667 bits per heavy atom. The molecule has 0 spiro atoms. The standard InChI is InChI=1S/Co.2Li.2Mn.Ni. The van der Waals surface area contributed by atoms with Crippen LogP contribution >= 0.6 is 0 Å². The van der Waals surface area contributed by atoms with Gasteiger partial charge in [-0.05, 0) is 0 Å². The Hall–Kier alpha value is 3.23. The van der Waals surface area contributed by atoms with E-state index in [4.69, 9.17) is 0 Å². The van der Waals surface area contributed by atoms with Crippen LogP contribution in [0.3, 0.4) is 0 Å². The van der Waals surface area contributed by atoms with E-state index in [0.717, 1.165) is 0 Å². The first-order chi connectivity index (χ1) is 0. The van der Waals surface area contributed by atoms with Crippen LogP contribution in [0.25, 0.3) is 0 Å². The molecule has 0 saturated heterocycles. The summed E-state index contributed by atoms with van der Waals surface area (Å²) in [4.78, 5) is 0. The van der Waals surface area contributed by atoms with Gasteiger partial charge in [-0.1, -0.05) is 0 Å². The minimum atomic E-state index is 0.